The zero-order chi connectivity index (χ0) is 9.53. The van der Waals surface area contributed by atoms with Gasteiger partial charge in [-0.15, -0.1) is 0 Å². The first-order chi connectivity index (χ1) is 6.15. The van der Waals surface area contributed by atoms with Crippen LogP contribution in [0, 0.1) is 11.3 Å². The summed E-state index contributed by atoms with van der Waals surface area (Å²) >= 11 is 0. The lowest BCUT2D eigenvalue weighted by atomic mass is 9.51. The van der Waals surface area contributed by atoms with Crippen LogP contribution >= 0.6 is 0 Å². The Labute approximate surface area is 80.5 Å². The molecule has 2 aliphatic rings. The SMILES string of the molecule is CC(CN)C1(O)CCC12CCCC2. The lowest BCUT2D eigenvalue weighted by Gasteiger charge is -2.58. The molecule has 0 aliphatic heterocycles. The first-order valence-corrected chi connectivity index (χ1v) is 5.57. The molecule has 0 saturated heterocycles. The summed E-state index contributed by atoms with van der Waals surface area (Å²) in [4.78, 5) is 0. The molecular weight excluding hydrogens is 162 g/mol. The molecule has 2 saturated carbocycles. The van der Waals surface area contributed by atoms with E-state index in [-0.39, 0.29) is 11.3 Å². The van der Waals surface area contributed by atoms with E-state index in [4.69, 9.17) is 5.73 Å². The van der Waals surface area contributed by atoms with E-state index in [1.54, 1.807) is 0 Å². The fourth-order valence-corrected chi connectivity index (χ4v) is 3.43. The van der Waals surface area contributed by atoms with Gasteiger partial charge in [-0.3, -0.25) is 0 Å². The van der Waals surface area contributed by atoms with Crippen molar-refractivity contribution >= 4 is 0 Å². The maximum absolute atomic E-state index is 10.5. The second-order valence-corrected chi connectivity index (χ2v) is 5.05. The van der Waals surface area contributed by atoms with Crippen LogP contribution in [0.15, 0.2) is 0 Å². The first-order valence-electron chi connectivity index (χ1n) is 5.57. The Kier molecular flexibility index (Phi) is 2.16. The van der Waals surface area contributed by atoms with Crippen LogP contribution in [-0.2, 0) is 0 Å². The molecule has 2 atom stereocenters. The van der Waals surface area contributed by atoms with Crippen LogP contribution in [-0.4, -0.2) is 17.3 Å². The van der Waals surface area contributed by atoms with Crippen LogP contribution in [0.1, 0.15) is 45.4 Å². The molecule has 0 heterocycles. The van der Waals surface area contributed by atoms with Gasteiger partial charge in [-0.25, -0.2) is 0 Å². The molecule has 2 heteroatoms. The summed E-state index contributed by atoms with van der Waals surface area (Å²) in [5.41, 5.74) is 5.51. The highest BCUT2D eigenvalue weighted by atomic mass is 16.3. The minimum Gasteiger partial charge on any atom is -0.389 e. The van der Waals surface area contributed by atoms with Gasteiger partial charge in [-0.1, -0.05) is 19.8 Å². The van der Waals surface area contributed by atoms with Crippen molar-refractivity contribution in [3.05, 3.63) is 0 Å². The average molecular weight is 183 g/mol. The van der Waals surface area contributed by atoms with E-state index < -0.39 is 5.60 Å². The third-order valence-electron chi connectivity index (χ3n) is 4.63. The van der Waals surface area contributed by atoms with Gasteiger partial charge in [0.05, 0.1) is 5.60 Å². The average Bonchev–Trinajstić information content (AvgIpc) is 2.64. The van der Waals surface area contributed by atoms with Gasteiger partial charge in [0.15, 0.2) is 0 Å². The Morgan fingerprint density at radius 1 is 1.23 bits per heavy atom. The minimum absolute atomic E-state index is 0.270. The van der Waals surface area contributed by atoms with E-state index in [1.165, 1.54) is 32.1 Å². The van der Waals surface area contributed by atoms with Crippen molar-refractivity contribution in [1.82, 2.24) is 0 Å². The Morgan fingerprint density at radius 2 is 1.85 bits per heavy atom. The summed E-state index contributed by atoms with van der Waals surface area (Å²) in [7, 11) is 0. The molecule has 2 unspecified atom stereocenters. The van der Waals surface area contributed by atoms with Crippen molar-refractivity contribution in [3.8, 4) is 0 Å². The van der Waals surface area contributed by atoms with Crippen LogP contribution in [0.5, 0.6) is 0 Å². The van der Waals surface area contributed by atoms with Gasteiger partial charge in [0, 0.05) is 0 Å². The van der Waals surface area contributed by atoms with Crippen molar-refractivity contribution in [2.24, 2.45) is 17.1 Å². The molecule has 2 rings (SSSR count). The van der Waals surface area contributed by atoms with Crippen molar-refractivity contribution in [1.29, 1.82) is 0 Å². The van der Waals surface area contributed by atoms with Gasteiger partial charge < -0.3 is 10.8 Å². The van der Waals surface area contributed by atoms with E-state index in [9.17, 15) is 5.11 Å². The topological polar surface area (TPSA) is 46.2 Å². The van der Waals surface area contributed by atoms with Gasteiger partial charge in [0.25, 0.3) is 0 Å². The molecule has 2 fully saturated rings. The summed E-state index contributed by atoms with van der Waals surface area (Å²) in [6.45, 7) is 2.72. The first kappa shape index (κ1) is 9.47. The van der Waals surface area contributed by atoms with Crippen LogP contribution in [0.2, 0.25) is 0 Å². The van der Waals surface area contributed by atoms with E-state index in [0.717, 1.165) is 6.42 Å². The molecule has 76 valence electrons. The van der Waals surface area contributed by atoms with Gasteiger partial charge in [0.2, 0.25) is 0 Å². The second-order valence-electron chi connectivity index (χ2n) is 5.05. The molecule has 0 aromatic rings. The number of nitrogens with two attached hydrogens (primary N) is 1. The summed E-state index contributed by atoms with van der Waals surface area (Å²) in [5, 5.41) is 10.5. The number of rotatable bonds is 2. The molecule has 13 heavy (non-hydrogen) atoms. The maximum Gasteiger partial charge on any atom is 0.0741 e. The second kappa shape index (κ2) is 2.96. The van der Waals surface area contributed by atoms with Gasteiger partial charge in [-0.2, -0.15) is 0 Å². The molecule has 2 aliphatic carbocycles. The van der Waals surface area contributed by atoms with Crippen LogP contribution in [0.25, 0.3) is 0 Å². The third-order valence-corrected chi connectivity index (χ3v) is 4.63. The summed E-state index contributed by atoms with van der Waals surface area (Å²) < 4.78 is 0. The zero-order valence-corrected chi connectivity index (χ0v) is 8.55. The number of hydrogen-bond donors (Lipinski definition) is 2. The minimum atomic E-state index is -0.418. The Balaban J connectivity index is 2.14. The fraction of sp³-hybridized carbons (Fsp3) is 1.00. The van der Waals surface area contributed by atoms with Crippen molar-refractivity contribution < 1.29 is 5.11 Å². The highest BCUT2D eigenvalue weighted by Gasteiger charge is 2.60. The maximum atomic E-state index is 10.5. The van der Waals surface area contributed by atoms with Gasteiger partial charge in [-0.05, 0) is 43.6 Å². The number of aliphatic hydroxyl groups is 1. The van der Waals surface area contributed by atoms with E-state index in [1.807, 2.05) is 0 Å². The quantitative estimate of drug-likeness (QED) is 0.684. The van der Waals surface area contributed by atoms with E-state index in [0.29, 0.717) is 6.54 Å². The molecule has 0 bridgehead atoms. The Bertz CT molecular complexity index is 198. The summed E-state index contributed by atoms with van der Waals surface area (Å²) in [5.74, 6) is 0.277. The summed E-state index contributed by atoms with van der Waals surface area (Å²) in [6.07, 6.45) is 7.28. The van der Waals surface area contributed by atoms with E-state index >= 15 is 0 Å². The van der Waals surface area contributed by atoms with Crippen LogP contribution in [0.4, 0.5) is 0 Å². The molecule has 0 aromatic carbocycles. The predicted molar refractivity (Wildman–Crippen MR) is 53.3 cm³/mol. The standard InChI is InChI=1S/C11H21NO/c1-9(8-12)11(13)7-6-10(11)4-2-3-5-10/h9,13H,2-8,12H2,1H3. The van der Waals surface area contributed by atoms with E-state index in [2.05, 4.69) is 6.92 Å². The monoisotopic (exact) mass is 183 g/mol. The highest BCUT2D eigenvalue weighted by Crippen LogP contribution is 2.62. The third kappa shape index (κ3) is 1.08. The highest BCUT2D eigenvalue weighted by molar-refractivity contribution is 5.11. The lowest BCUT2D eigenvalue weighted by Crippen LogP contribution is -2.61. The fourth-order valence-electron chi connectivity index (χ4n) is 3.43. The van der Waals surface area contributed by atoms with Gasteiger partial charge >= 0.3 is 0 Å². The normalized spacial score (nSPS) is 39.0. The van der Waals surface area contributed by atoms with Crippen molar-refractivity contribution in [2.75, 3.05) is 6.54 Å². The van der Waals surface area contributed by atoms with Crippen LogP contribution in [0.3, 0.4) is 0 Å². The largest absolute Gasteiger partial charge is 0.389 e. The molecule has 0 aromatic heterocycles. The van der Waals surface area contributed by atoms with Gasteiger partial charge in [0.1, 0.15) is 0 Å². The molecular formula is C11H21NO. The molecule has 0 amide bonds. The lowest BCUT2D eigenvalue weighted by molar-refractivity contribution is -0.193. The van der Waals surface area contributed by atoms with Crippen molar-refractivity contribution in [2.45, 2.75) is 51.0 Å². The molecule has 3 N–H and O–H groups in total. The predicted octanol–water partition coefficient (Wildman–Crippen LogP) is 1.67. The Morgan fingerprint density at radius 3 is 2.23 bits per heavy atom. The summed E-state index contributed by atoms with van der Waals surface area (Å²) in [6, 6.07) is 0. The zero-order valence-electron chi connectivity index (χ0n) is 8.55. The smallest absolute Gasteiger partial charge is 0.0741 e. The molecule has 2 nitrogen and oxygen atoms in total. The Hall–Kier alpha value is -0.0800. The van der Waals surface area contributed by atoms with Crippen LogP contribution < -0.4 is 5.73 Å². The number of hydrogen-bond acceptors (Lipinski definition) is 2. The van der Waals surface area contributed by atoms with Crippen molar-refractivity contribution in [3.63, 3.8) is 0 Å². The molecule has 1 spiro atoms. The molecule has 0 radical (unpaired) electrons.